The van der Waals surface area contributed by atoms with Crippen molar-refractivity contribution >= 4 is 17.7 Å². The molecule has 0 bridgehead atoms. The molecule has 0 spiro atoms. The molecule has 2 rings (SSSR count). The van der Waals surface area contributed by atoms with E-state index in [-0.39, 0.29) is 41.1 Å². The monoisotopic (exact) mass is 408 g/mol. The molecule has 7 heteroatoms. The van der Waals surface area contributed by atoms with Crippen LogP contribution in [0.3, 0.4) is 0 Å². The largest absolute Gasteiger partial charge is 0.370 e. The number of primary amides is 1. The smallest absolute Gasteiger partial charge is 0.245 e. The summed E-state index contributed by atoms with van der Waals surface area (Å²) in [5.41, 5.74) is 5.36. The van der Waals surface area contributed by atoms with Gasteiger partial charge in [0.25, 0.3) is 0 Å². The number of rotatable bonds is 8. The summed E-state index contributed by atoms with van der Waals surface area (Å²) < 4.78 is 0. The Morgan fingerprint density at radius 2 is 1.86 bits per heavy atom. The number of likely N-dealkylation sites (tertiary alicyclic amines) is 1. The van der Waals surface area contributed by atoms with Gasteiger partial charge in [-0.15, -0.1) is 0 Å². The number of nitrogens with zero attached hydrogens (tertiary/aromatic N) is 2. The van der Waals surface area contributed by atoms with Crippen molar-refractivity contribution in [2.24, 2.45) is 17.1 Å². The van der Waals surface area contributed by atoms with Crippen molar-refractivity contribution in [2.75, 3.05) is 26.2 Å². The molecule has 0 aromatic heterocycles. The number of nitrogens with one attached hydrogen (secondary N) is 1. The molecule has 2 aliphatic rings. The fourth-order valence-corrected chi connectivity index (χ4v) is 4.50. The Bertz CT molecular complexity index is 579. The molecule has 2 fully saturated rings. The van der Waals surface area contributed by atoms with Crippen molar-refractivity contribution < 1.29 is 14.4 Å². The molecule has 2 aliphatic heterocycles. The number of hydrogen-bond donors (Lipinski definition) is 2. The molecular weight excluding hydrogens is 368 g/mol. The molecule has 166 valence electrons. The summed E-state index contributed by atoms with van der Waals surface area (Å²) in [6.07, 6.45) is 5.40. The Labute approximate surface area is 175 Å². The second kappa shape index (κ2) is 10.4. The van der Waals surface area contributed by atoms with Crippen molar-refractivity contribution in [1.82, 2.24) is 15.1 Å². The molecule has 29 heavy (non-hydrogen) atoms. The predicted molar refractivity (Wildman–Crippen MR) is 114 cm³/mol. The molecule has 7 nitrogen and oxygen atoms in total. The Morgan fingerprint density at radius 1 is 1.21 bits per heavy atom. The van der Waals surface area contributed by atoms with E-state index in [0.717, 1.165) is 38.6 Å². The van der Waals surface area contributed by atoms with Crippen LogP contribution in [0.2, 0.25) is 0 Å². The third-order valence-electron chi connectivity index (χ3n) is 6.05. The fraction of sp³-hybridized carbons (Fsp3) is 0.864. The summed E-state index contributed by atoms with van der Waals surface area (Å²) in [6, 6.07) is -0.596. The van der Waals surface area contributed by atoms with Gasteiger partial charge in [0.15, 0.2) is 0 Å². The summed E-state index contributed by atoms with van der Waals surface area (Å²) >= 11 is 0. The highest BCUT2D eigenvalue weighted by molar-refractivity contribution is 5.90. The van der Waals surface area contributed by atoms with E-state index >= 15 is 0 Å². The minimum absolute atomic E-state index is 0.0432. The Morgan fingerprint density at radius 3 is 2.41 bits per heavy atom. The lowest BCUT2D eigenvalue weighted by molar-refractivity contribution is -0.150. The summed E-state index contributed by atoms with van der Waals surface area (Å²) in [5, 5.41) is 3.35. The number of unbranched alkanes of at least 4 members (excludes halogenated alkanes) is 1. The second-order valence-electron chi connectivity index (χ2n) is 9.90. The zero-order valence-corrected chi connectivity index (χ0v) is 18.7. The van der Waals surface area contributed by atoms with E-state index in [1.807, 2.05) is 9.80 Å². The lowest BCUT2D eigenvalue weighted by Crippen LogP contribution is -2.62. The summed E-state index contributed by atoms with van der Waals surface area (Å²) in [6.45, 7) is 11.1. The Hall–Kier alpha value is -1.63. The van der Waals surface area contributed by atoms with Crippen molar-refractivity contribution in [3.8, 4) is 0 Å². The lowest BCUT2D eigenvalue weighted by atomic mass is 9.86. The van der Waals surface area contributed by atoms with Crippen molar-refractivity contribution in [1.29, 1.82) is 0 Å². The van der Waals surface area contributed by atoms with Crippen LogP contribution < -0.4 is 11.1 Å². The molecule has 0 radical (unpaired) electrons. The van der Waals surface area contributed by atoms with Crippen LogP contribution in [0.4, 0.5) is 0 Å². The molecular formula is C22H40N4O3. The predicted octanol–water partition coefficient (Wildman–Crippen LogP) is 1.90. The summed E-state index contributed by atoms with van der Waals surface area (Å²) in [5.74, 6) is 0.125. The average molecular weight is 409 g/mol. The van der Waals surface area contributed by atoms with Gasteiger partial charge in [0.1, 0.15) is 6.04 Å². The van der Waals surface area contributed by atoms with Crippen molar-refractivity contribution in [3.63, 3.8) is 0 Å². The maximum Gasteiger partial charge on any atom is 0.245 e. The molecule has 0 aromatic rings. The van der Waals surface area contributed by atoms with Crippen molar-refractivity contribution in [2.45, 2.75) is 84.7 Å². The number of carbonyl (C=O) groups is 3. The van der Waals surface area contributed by atoms with Crippen LogP contribution in [-0.4, -0.2) is 65.8 Å². The van der Waals surface area contributed by atoms with E-state index in [4.69, 9.17) is 5.73 Å². The van der Waals surface area contributed by atoms with E-state index in [2.05, 4.69) is 33.0 Å². The first-order valence-corrected chi connectivity index (χ1v) is 11.2. The first kappa shape index (κ1) is 23.6. The van der Waals surface area contributed by atoms with Gasteiger partial charge in [-0.1, -0.05) is 40.5 Å². The van der Waals surface area contributed by atoms with Gasteiger partial charge >= 0.3 is 0 Å². The van der Waals surface area contributed by atoms with Gasteiger partial charge in [-0.3, -0.25) is 14.4 Å². The van der Waals surface area contributed by atoms with Gasteiger partial charge in [0, 0.05) is 32.6 Å². The highest BCUT2D eigenvalue weighted by atomic mass is 16.2. The third kappa shape index (κ3) is 6.98. The molecule has 3 N–H and O–H groups in total. The van der Waals surface area contributed by atoms with E-state index in [1.165, 1.54) is 0 Å². The molecule has 2 unspecified atom stereocenters. The lowest BCUT2D eigenvalue weighted by Gasteiger charge is -2.42. The maximum absolute atomic E-state index is 13.4. The van der Waals surface area contributed by atoms with E-state index in [1.54, 1.807) is 0 Å². The second-order valence-corrected chi connectivity index (χ2v) is 9.90. The third-order valence-corrected chi connectivity index (χ3v) is 6.05. The normalized spacial score (nSPS) is 22.6. The highest BCUT2D eigenvalue weighted by Gasteiger charge is 2.39. The van der Waals surface area contributed by atoms with Crippen LogP contribution in [0.15, 0.2) is 0 Å². The van der Waals surface area contributed by atoms with Gasteiger partial charge in [0.05, 0.1) is 6.04 Å². The van der Waals surface area contributed by atoms with Crippen LogP contribution in [0, 0.1) is 11.3 Å². The summed E-state index contributed by atoms with van der Waals surface area (Å²) in [7, 11) is 0. The maximum atomic E-state index is 13.4. The zero-order valence-electron chi connectivity index (χ0n) is 18.7. The molecule has 0 aromatic carbocycles. The number of piperidine rings is 1. The zero-order chi connectivity index (χ0) is 21.6. The number of carbonyl (C=O) groups excluding carboxylic acids is 3. The first-order chi connectivity index (χ1) is 13.6. The number of piperazine rings is 1. The molecule has 3 amide bonds. The SMILES string of the molecule is CCCCC(C(=O)N1CCC(CC(N)=O)CC1)N1CCNC(CC(C)(C)C)C1=O. The summed E-state index contributed by atoms with van der Waals surface area (Å²) in [4.78, 5) is 41.5. The molecule has 2 heterocycles. The number of nitrogens with two attached hydrogens (primary N) is 1. The molecule has 2 saturated heterocycles. The average Bonchev–Trinajstić information content (AvgIpc) is 2.63. The first-order valence-electron chi connectivity index (χ1n) is 11.2. The van der Waals surface area contributed by atoms with E-state index < -0.39 is 0 Å². The Kier molecular flexibility index (Phi) is 8.49. The number of amides is 3. The van der Waals surface area contributed by atoms with Gasteiger partial charge in [-0.2, -0.15) is 0 Å². The fourth-order valence-electron chi connectivity index (χ4n) is 4.50. The van der Waals surface area contributed by atoms with Gasteiger partial charge < -0.3 is 20.9 Å². The minimum atomic E-state index is -0.375. The quantitative estimate of drug-likeness (QED) is 0.641. The van der Waals surface area contributed by atoms with Crippen LogP contribution in [0.5, 0.6) is 0 Å². The van der Waals surface area contributed by atoms with E-state index in [9.17, 15) is 14.4 Å². The van der Waals surface area contributed by atoms with Crippen LogP contribution in [-0.2, 0) is 14.4 Å². The van der Waals surface area contributed by atoms with E-state index in [0.29, 0.717) is 32.5 Å². The molecule has 0 aliphatic carbocycles. The molecule has 2 atom stereocenters. The standard InChI is InChI=1S/C22H40N4O3/c1-5-6-7-18(21(29)25-11-8-16(9-12-25)14-19(23)27)26-13-10-24-17(20(26)28)15-22(2,3)4/h16-18,24H,5-15H2,1-4H3,(H2,23,27). The Balaban J connectivity index is 2.07. The molecule has 0 saturated carbocycles. The van der Waals surface area contributed by atoms with Crippen LogP contribution in [0.1, 0.15) is 72.6 Å². The topological polar surface area (TPSA) is 95.7 Å². The van der Waals surface area contributed by atoms with Gasteiger partial charge in [-0.25, -0.2) is 0 Å². The van der Waals surface area contributed by atoms with Gasteiger partial charge in [0.2, 0.25) is 17.7 Å². The van der Waals surface area contributed by atoms with Crippen LogP contribution >= 0.6 is 0 Å². The van der Waals surface area contributed by atoms with Crippen LogP contribution in [0.25, 0.3) is 0 Å². The minimum Gasteiger partial charge on any atom is -0.370 e. The highest BCUT2D eigenvalue weighted by Crippen LogP contribution is 2.26. The van der Waals surface area contributed by atoms with Crippen molar-refractivity contribution in [3.05, 3.63) is 0 Å². The number of hydrogen-bond acceptors (Lipinski definition) is 4. The van der Waals surface area contributed by atoms with Gasteiger partial charge in [-0.05, 0) is 37.0 Å².